The first-order chi connectivity index (χ1) is 11.0. The highest BCUT2D eigenvalue weighted by Crippen LogP contribution is 2.35. The maximum absolute atomic E-state index is 12.0. The van der Waals surface area contributed by atoms with Gasteiger partial charge in [-0.05, 0) is 52.7 Å². The summed E-state index contributed by atoms with van der Waals surface area (Å²) < 4.78 is 11.2. The van der Waals surface area contributed by atoms with E-state index in [2.05, 4.69) is 26.5 Å². The number of halogens is 1. The normalized spacial score (nSPS) is 10.6. The summed E-state index contributed by atoms with van der Waals surface area (Å²) in [5.41, 5.74) is 4.91. The molecule has 6 heteroatoms. The molecule has 0 aliphatic rings. The van der Waals surface area contributed by atoms with E-state index in [0.717, 1.165) is 15.6 Å². The zero-order valence-electron chi connectivity index (χ0n) is 13.1. The lowest BCUT2D eigenvalue weighted by Crippen LogP contribution is -2.17. The Kier molecular flexibility index (Phi) is 5.76. The van der Waals surface area contributed by atoms with E-state index in [9.17, 15) is 4.79 Å². The lowest BCUT2D eigenvalue weighted by molar-refractivity contribution is 0.0955. The summed E-state index contributed by atoms with van der Waals surface area (Å²) in [6.45, 7) is 1.97. The van der Waals surface area contributed by atoms with Crippen molar-refractivity contribution in [3.8, 4) is 11.5 Å². The van der Waals surface area contributed by atoms with Crippen molar-refractivity contribution < 1.29 is 14.3 Å². The molecule has 0 aliphatic heterocycles. The molecule has 0 saturated carbocycles. The quantitative estimate of drug-likeness (QED) is 0.641. The largest absolute Gasteiger partial charge is 0.493 e. The number of benzene rings is 2. The molecule has 5 nitrogen and oxygen atoms in total. The average molecular weight is 377 g/mol. The predicted octanol–water partition coefficient (Wildman–Crippen LogP) is 3.54. The van der Waals surface area contributed by atoms with Crippen LogP contribution >= 0.6 is 15.9 Å². The first-order valence-electron chi connectivity index (χ1n) is 6.86. The van der Waals surface area contributed by atoms with Gasteiger partial charge in [0.05, 0.1) is 24.9 Å². The number of nitrogens with zero attached hydrogens (tertiary/aromatic N) is 1. The summed E-state index contributed by atoms with van der Waals surface area (Å²) in [6, 6.07) is 10.9. The Morgan fingerprint density at radius 3 is 2.48 bits per heavy atom. The van der Waals surface area contributed by atoms with Gasteiger partial charge in [0, 0.05) is 5.56 Å². The second kappa shape index (κ2) is 7.78. The fourth-order valence-electron chi connectivity index (χ4n) is 1.95. The molecule has 0 atom stereocenters. The molecule has 0 bridgehead atoms. The van der Waals surface area contributed by atoms with Crippen LogP contribution in [0.1, 0.15) is 21.5 Å². The van der Waals surface area contributed by atoms with Crippen LogP contribution in [0.2, 0.25) is 0 Å². The highest BCUT2D eigenvalue weighted by Gasteiger charge is 2.09. The molecule has 0 saturated heterocycles. The van der Waals surface area contributed by atoms with E-state index in [0.29, 0.717) is 17.1 Å². The number of methoxy groups -OCH3 is 2. The highest BCUT2D eigenvalue weighted by molar-refractivity contribution is 9.10. The monoisotopic (exact) mass is 376 g/mol. The van der Waals surface area contributed by atoms with Gasteiger partial charge in [0.1, 0.15) is 0 Å². The molecule has 23 heavy (non-hydrogen) atoms. The number of hydrazone groups is 1. The Morgan fingerprint density at radius 1 is 1.17 bits per heavy atom. The molecule has 0 spiro atoms. The molecule has 2 aromatic rings. The summed E-state index contributed by atoms with van der Waals surface area (Å²) in [4.78, 5) is 12.0. The minimum absolute atomic E-state index is 0.263. The number of amides is 1. The third-order valence-corrected chi connectivity index (χ3v) is 3.74. The second-order valence-electron chi connectivity index (χ2n) is 4.80. The van der Waals surface area contributed by atoms with Crippen LogP contribution in [0.5, 0.6) is 11.5 Å². The van der Waals surface area contributed by atoms with Gasteiger partial charge in [-0.15, -0.1) is 0 Å². The first kappa shape index (κ1) is 17.0. The summed E-state index contributed by atoms with van der Waals surface area (Å²) in [7, 11) is 3.13. The van der Waals surface area contributed by atoms with Crippen molar-refractivity contribution in [1.29, 1.82) is 0 Å². The zero-order chi connectivity index (χ0) is 16.8. The summed E-state index contributed by atoms with van der Waals surface area (Å²) in [5.74, 6) is 0.919. The number of ether oxygens (including phenoxy) is 2. The van der Waals surface area contributed by atoms with Gasteiger partial charge in [-0.3, -0.25) is 4.79 Å². The number of aryl methyl sites for hydroxylation is 1. The smallest absolute Gasteiger partial charge is 0.271 e. The van der Waals surface area contributed by atoms with Gasteiger partial charge in [0.25, 0.3) is 5.91 Å². The van der Waals surface area contributed by atoms with Crippen LogP contribution in [0.3, 0.4) is 0 Å². The van der Waals surface area contributed by atoms with E-state index in [-0.39, 0.29) is 5.91 Å². The van der Waals surface area contributed by atoms with Gasteiger partial charge in [-0.2, -0.15) is 5.10 Å². The minimum Gasteiger partial charge on any atom is -0.493 e. The third-order valence-electron chi connectivity index (χ3n) is 3.15. The van der Waals surface area contributed by atoms with Gasteiger partial charge >= 0.3 is 0 Å². The number of hydrogen-bond donors (Lipinski definition) is 1. The lowest BCUT2D eigenvalue weighted by Gasteiger charge is -2.10. The van der Waals surface area contributed by atoms with Crippen LogP contribution in [0.25, 0.3) is 0 Å². The highest BCUT2D eigenvalue weighted by atomic mass is 79.9. The number of rotatable bonds is 5. The fraction of sp³-hybridized carbons (Fsp3) is 0.176. The predicted molar refractivity (Wildman–Crippen MR) is 93.5 cm³/mol. The van der Waals surface area contributed by atoms with Crippen LogP contribution in [-0.2, 0) is 0 Å². The van der Waals surface area contributed by atoms with Crippen molar-refractivity contribution in [2.24, 2.45) is 5.10 Å². The number of hydrogen-bond acceptors (Lipinski definition) is 4. The van der Waals surface area contributed by atoms with Crippen LogP contribution in [0, 0.1) is 6.92 Å². The molecule has 1 amide bonds. The van der Waals surface area contributed by atoms with E-state index < -0.39 is 0 Å². The molecule has 0 heterocycles. The van der Waals surface area contributed by atoms with Crippen molar-refractivity contribution in [3.63, 3.8) is 0 Å². The molecule has 0 aliphatic carbocycles. The van der Waals surface area contributed by atoms with Crippen molar-refractivity contribution in [1.82, 2.24) is 5.43 Å². The molecule has 1 N–H and O–H groups in total. The number of carbonyl (C=O) groups excluding carboxylic acids is 1. The van der Waals surface area contributed by atoms with Crippen LogP contribution < -0.4 is 14.9 Å². The van der Waals surface area contributed by atoms with Gasteiger partial charge in [-0.1, -0.05) is 17.7 Å². The Morgan fingerprint density at radius 2 is 1.87 bits per heavy atom. The maximum Gasteiger partial charge on any atom is 0.271 e. The second-order valence-corrected chi connectivity index (χ2v) is 5.66. The van der Waals surface area contributed by atoms with E-state index >= 15 is 0 Å². The van der Waals surface area contributed by atoms with Crippen molar-refractivity contribution in [2.75, 3.05) is 14.2 Å². The summed E-state index contributed by atoms with van der Waals surface area (Å²) in [5, 5.41) is 3.97. The molecule has 0 fully saturated rings. The van der Waals surface area contributed by atoms with E-state index in [1.807, 2.05) is 25.1 Å². The summed E-state index contributed by atoms with van der Waals surface area (Å²) >= 11 is 3.41. The Balaban J connectivity index is 2.10. The first-order valence-corrected chi connectivity index (χ1v) is 7.66. The van der Waals surface area contributed by atoms with E-state index in [1.54, 1.807) is 38.6 Å². The average Bonchev–Trinajstić information content (AvgIpc) is 2.54. The standard InChI is InChI=1S/C17H17BrN2O3/c1-11-4-6-13(7-5-11)17(21)20-19-10-12-8-14(18)16(23-3)15(9-12)22-2/h4-10H,1-3H3,(H,20,21)/b19-10-. The maximum atomic E-state index is 12.0. The van der Waals surface area contributed by atoms with Crippen molar-refractivity contribution in [2.45, 2.75) is 6.92 Å². The van der Waals surface area contributed by atoms with Gasteiger partial charge in [-0.25, -0.2) is 5.43 Å². The molecular weight excluding hydrogens is 360 g/mol. The van der Waals surface area contributed by atoms with Gasteiger partial charge in [0.2, 0.25) is 0 Å². The van der Waals surface area contributed by atoms with E-state index in [1.165, 1.54) is 0 Å². The molecule has 0 unspecified atom stereocenters. The van der Waals surface area contributed by atoms with Gasteiger partial charge < -0.3 is 9.47 Å². The SMILES string of the molecule is COc1cc(/C=N\NC(=O)c2ccc(C)cc2)cc(Br)c1OC. The zero-order valence-corrected chi connectivity index (χ0v) is 14.7. The molecular formula is C17H17BrN2O3. The van der Waals surface area contributed by atoms with Crippen LogP contribution in [0.15, 0.2) is 46.0 Å². The minimum atomic E-state index is -0.263. The Bertz CT molecular complexity index is 727. The van der Waals surface area contributed by atoms with Crippen molar-refractivity contribution >= 4 is 28.1 Å². The Hall–Kier alpha value is -2.34. The third kappa shape index (κ3) is 4.32. The topological polar surface area (TPSA) is 59.9 Å². The van der Waals surface area contributed by atoms with Crippen LogP contribution in [0.4, 0.5) is 0 Å². The van der Waals surface area contributed by atoms with Crippen LogP contribution in [-0.4, -0.2) is 26.3 Å². The number of nitrogens with one attached hydrogen (secondary N) is 1. The van der Waals surface area contributed by atoms with Gasteiger partial charge in [0.15, 0.2) is 11.5 Å². The molecule has 0 radical (unpaired) electrons. The summed E-state index contributed by atoms with van der Waals surface area (Å²) in [6.07, 6.45) is 1.54. The molecule has 2 rings (SSSR count). The lowest BCUT2D eigenvalue weighted by atomic mass is 10.1. The fourth-order valence-corrected chi connectivity index (χ4v) is 2.57. The Labute approximate surface area is 143 Å². The molecule has 2 aromatic carbocycles. The van der Waals surface area contributed by atoms with E-state index in [4.69, 9.17) is 9.47 Å². The number of carbonyl (C=O) groups is 1. The molecule has 120 valence electrons. The molecule has 0 aromatic heterocycles. The van der Waals surface area contributed by atoms with Crippen molar-refractivity contribution in [3.05, 3.63) is 57.6 Å².